The lowest BCUT2D eigenvalue weighted by molar-refractivity contribution is 0.103. The Morgan fingerprint density at radius 3 is 2.20 bits per heavy atom. The lowest BCUT2D eigenvalue weighted by Gasteiger charge is -2.15. The quantitative estimate of drug-likeness (QED) is 0.383. The number of rotatable bonds is 7. The van der Waals surface area contributed by atoms with Crippen molar-refractivity contribution in [3.8, 4) is 11.5 Å². The smallest absolute Gasteiger partial charge is 0.362 e. The predicted octanol–water partition coefficient (Wildman–Crippen LogP) is 4.34. The summed E-state index contributed by atoms with van der Waals surface area (Å²) in [6.45, 7) is 3.78. The zero-order valence-electron chi connectivity index (χ0n) is 16.7. The van der Waals surface area contributed by atoms with E-state index in [0.717, 1.165) is 22.3 Å². The normalized spacial score (nSPS) is 11.3. The van der Waals surface area contributed by atoms with E-state index in [1.54, 1.807) is 48.5 Å². The Hall–Kier alpha value is -2.92. The van der Waals surface area contributed by atoms with Crippen molar-refractivity contribution in [3.05, 3.63) is 94.0 Å². The van der Waals surface area contributed by atoms with E-state index in [0.29, 0.717) is 17.7 Å². The zero-order chi connectivity index (χ0) is 21.9. The first-order valence-electron chi connectivity index (χ1n) is 9.33. The van der Waals surface area contributed by atoms with Crippen molar-refractivity contribution in [2.75, 3.05) is 6.35 Å². The van der Waals surface area contributed by atoms with Gasteiger partial charge in [0, 0.05) is 5.56 Å². The molecule has 0 aromatic heterocycles. The number of aryl methyl sites for hydroxylation is 2. The molecule has 0 aliphatic rings. The fraction of sp³-hybridized carbons (Fsp3) is 0.174. The number of benzene rings is 3. The van der Waals surface area contributed by atoms with Gasteiger partial charge in [-0.15, -0.1) is 0 Å². The summed E-state index contributed by atoms with van der Waals surface area (Å²) < 4.78 is 16.2. The molecule has 0 aliphatic carbocycles. The maximum atomic E-state index is 12.8. The van der Waals surface area contributed by atoms with Crippen molar-refractivity contribution in [2.45, 2.75) is 20.3 Å². The van der Waals surface area contributed by atoms with E-state index in [1.807, 2.05) is 19.9 Å². The number of hydrogen-bond donors (Lipinski definition) is 3. The molecule has 7 heteroatoms. The molecule has 0 bridgehead atoms. The van der Waals surface area contributed by atoms with Gasteiger partial charge in [-0.25, -0.2) is 0 Å². The number of phenols is 1. The molecule has 0 atom stereocenters. The van der Waals surface area contributed by atoms with Crippen LogP contribution in [0.25, 0.3) is 0 Å². The maximum absolute atomic E-state index is 12.8. The van der Waals surface area contributed by atoms with Crippen LogP contribution in [-0.2, 0) is 11.0 Å². The molecule has 30 heavy (non-hydrogen) atoms. The third-order valence-corrected chi connectivity index (χ3v) is 5.26. The lowest BCUT2D eigenvalue weighted by atomic mass is 9.93. The first-order valence-corrected chi connectivity index (χ1v) is 11.1. The molecule has 3 aromatic carbocycles. The maximum Gasteiger partial charge on any atom is 0.362 e. The molecule has 0 unspecified atom stereocenters. The van der Waals surface area contributed by atoms with Crippen LogP contribution in [0.3, 0.4) is 0 Å². The monoisotopic (exact) mass is 426 g/mol. The van der Waals surface area contributed by atoms with Gasteiger partial charge in [-0.2, -0.15) is 0 Å². The summed E-state index contributed by atoms with van der Waals surface area (Å²) in [7, 11) is -4.25. The average molecular weight is 426 g/mol. The van der Waals surface area contributed by atoms with Crippen LogP contribution in [0.5, 0.6) is 11.5 Å². The molecule has 6 nitrogen and oxygen atoms in total. The highest BCUT2D eigenvalue weighted by Crippen LogP contribution is 2.35. The predicted molar refractivity (Wildman–Crippen MR) is 114 cm³/mol. The van der Waals surface area contributed by atoms with Gasteiger partial charge < -0.3 is 19.6 Å². The summed E-state index contributed by atoms with van der Waals surface area (Å²) in [4.78, 5) is 30.7. The van der Waals surface area contributed by atoms with E-state index in [1.165, 1.54) is 6.07 Å². The van der Waals surface area contributed by atoms with E-state index in [9.17, 15) is 14.5 Å². The van der Waals surface area contributed by atoms with Gasteiger partial charge >= 0.3 is 7.60 Å². The number of carbonyl (C=O) groups excluding carboxylic acids is 1. The third kappa shape index (κ3) is 5.36. The van der Waals surface area contributed by atoms with E-state index >= 15 is 0 Å². The molecule has 0 heterocycles. The first kappa shape index (κ1) is 21.8. The largest absolute Gasteiger partial charge is 0.507 e. The Morgan fingerprint density at radius 1 is 0.967 bits per heavy atom. The van der Waals surface area contributed by atoms with Crippen molar-refractivity contribution in [3.63, 3.8) is 0 Å². The van der Waals surface area contributed by atoms with Crippen LogP contribution in [-0.4, -0.2) is 27.0 Å². The highest BCUT2D eigenvalue weighted by Gasteiger charge is 2.17. The van der Waals surface area contributed by atoms with Gasteiger partial charge in [0.15, 0.2) is 12.1 Å². The minimum atomic E-state index is -4.25. The van der Waals surface area contributed by atoms with Crippen LogP contribution >= 0.6 is 7.60 Å². The van der Waals surface area contributed by atoms with Gasteiger partial charge in [-0.05, 0) is 66.8 Å². The van der Waals surface area contributed by atoms with E-state index < -0.39 is 13.9 Å². The molecule has 3 N–H and O–H groups in total. The highest BCUT2D eigenvalue weighted by atomic mass is 31.2. The number of phenolic OH excluding ortho intramolecular Hbond substituents is 1. The van der Waals surface area contributed by atoms with Crippen LogP contribution < -0.4 is 4.74 Å². The number of aromatic hydroxyl groups is 1. The van der Waals surface area contributed by atoms with Crippen molar-refractivity contribution in [1.82, 2.24) is 0 Å². The second-order valence-electron chi connectivity index (χ2n) is 7.20. The minimum Gasteiger partial charge on any atom is -0.507 e. The van der Waals surface area contributed by atoms with Gasteiger partial charge in [0.1, 0.15) is 11.5 Å². The summed E-state index contributed by atoms with van der Waals surface area (Å²) in [5, 5.41) is 10.2. The van der Waals surface area contributed by atoms with Crippen molar-refractivity contribution in [2.24, 2.45) is 0 Å². The molecule has 0 saturated heterocycles. The van der Waals surface area contributed by atoms with Gasteiger partial charge in [0.2, 0.25) is 0 Å². The Kier molecular flexibility index (Phi) is 6.42. The third-order valence-electron chi connectivity index (χ3n) is 4.79. The number of ether oxygens (including phenoxy) is 1. The topological polar surface area (TPSA) is 104 Å². The van der Waals surface area contributed by atoms with E-state index in [-0.39, 0.29) is 17.1 Å². The van der Waals surface area contributed by atoms with Crippen LogP contribution in [0.4, 0.5) is 0 Å². The Bertz CT molecular complexity index is 1090. The summed E-state index contributed by atoms with van der Waals surface area (Å²) in [6, 6.07) is 17.2. The van der Waals surface area contributed by atoms with Crippen molar-refractivity contribution in [1.29, 1.82) is 0 Å². The summed E-state index contributed by atoms with van der Waals surface area (Å²) >= 11 is 0. The molecular formula is C23H23O6P. The fourth-order valence-electron chi connectivity index (χ4n) is 3.30. The summed E-state index contributed by atoms with van der Waals surface area (Å²) in [6.07, 6.45) is -0.139. The second kappa shape index (κ2) is 8.84. The van der Waals surface area contributed by atoms with Crippen molar-refractivity contribution < 1.29 is 29.0 Å². The highest BCUT2D eigenvalue weighted by molar-refractivity contribution is 7.51. The second-order valence-corrected chi connectivity index (χ2v) is 8.78. The van der Waals surface area contributed by atoms with Gasteiger partial charge in [-0.3, -0.25) is 9.36 Å². The average Bonchev–Trinajstić information content (AvgIpc) is 2.70. The summed E-state index contributed by atoms with van der Waals surface area (Å²) in [5.74, 6) is 0.0783. The molecule has 156 valence electrons. The lowest BCUT2D eigenvalue weighted by Crippen LogP contribution is -2.04. The molecule has 0 amide bonds. The van der Waals surface area contributed by atoms with Crippen molar-refractivity contribution >= 4 is 13.4 Å². The first-order chi connectivity index (χ1) is 14.1. The van der Waals surface area contributed by atoms with Crippen LogP contribution in [0, 0.1) is 13.8 Å². The Morgan fingerprint density at radius 2 is 1.60 bits per heavy atom. The molecule has 0 aliphatic heterocycles. The standard InChI is InChI=1S/C23H23O6P/c1-15-10-19(29-14-30(26,27)28)11-16(2)20(15)12-17-8-9-22(24)21(13-17)23(25)18-6-4-3-5-7-18/h3-11,13,24H,12,14H2,1-2H3,(H2,26,27,28). The molecular weight excluding hydrogens is 403 g/mol. The number of hydrogen-bond acceptors (Lipinski definition) is 4. The van der Waals surface area contributed by atoms with E-state index in [4.69, 9.17) is 14.5 Å². The SMILES string of the molecule is Cc1cc(OCP(=O)(O)O)cc(C)c1Cc1ccc(O)c(C(=O)c2ccccc2)c1. The Labute approximate surface area is 174 Å². The van der Waals surface area contributed by atoms with Gasteiger partial charge in [0.25, 0.3) is 0 Å². The molecule has 3 aromatic rings. The van der Waals surface area contributed by atoms with Crippen LogP contribution in [0.2, 0.25) is 0 Å². The zero-order valence-corrected chi connectivity index (χ0v) is 17.6. The van der Waals surface area contributed by atoms with Gasteiger partial charge in [-0.1, -0.05) is 36.4 Å². The molecule has 0 radical (unpaired) electrons. The minimum absolute atomic E-state index is 0.0674. The molecule has 3 rings (SSSR count). The molecule has 0 spiro atoms. The van der Waals surface area contributed by atoms with Crippen LogP contribution in [0.1, 0.15) is 38.2 Å². The number of carbonyl (C=O) groups is 1. The molecule has 0 fully saturated rings. The van der Waals surface area contributed by atoms with E-state index in [2.05, 4.69) is 0 Å². The van der Waals surface area contributed by atoms with Crippen LogP contribution in [0.15, 0.2) is 60.7 Å². The number of ketones is 1. The van der Waals surface area contributed by atoms with Gasteiger partial charge in [0.05, 0.1) is 5.56 Å². The fourth-order valence-corrected chi connectivity index (χ4v) is 3.62. The summed E-state index contributed by atoms with van der Waals surface area (Å²) in [5.41, 5.74) is 4.43. The Balaban J connectivity index is 1.86. The molecule has 0 saturated carbocycles.